The molecule has 2 aromatic rings. The topological polar surface area (TPSA) is 72.4 Å². The molecule has 0 amide bonds. The molecule has 0 bridgehead atoms. The Balaban J connectivity index is 2.39. The smallest absolute Gasteiger partial charge is 0.245 e. The van der Waals surface area contributed by atoms with E-state index in [1.807, 2.05) is 0 Å². The zero-order valence-corrected chi connectivity index (χ0v) is 13.9. The molecule has 0 aliphatic rings. The molecule has 1 heterocycles. The van der Waals surface area contributed by atoms with Gasteiger partial charge in [-0.05, 0) is 24.6 Å². The molecule has 6 nitrogen and oxygen atoms in total. The molecule has 124 valence electrons. The maximum absolute atomic E-state index is 13.1. The molecule has 1 aromatic carbocycles. The Morgan fingerprint density at radius 2 is 1.96 bits per heavy atom. The van der Waals surface area contributed by atoms with Gasteiger partial charge in [0.05, 0.1) is 13.3 Å². The third-order valence-corrected chi connectivity index (χ3v) is 5.53. The minimum absolute atomic E-state index is 0.000150. The Morgan fingerprint density at radius 3 is 2.52 bits per heavy atom. The molecular weight excluding hydrogens is 321 g/mol. The van der Waals surface area contributed by atoms with Gasteiger partial charge in [-0.1, -0.05) is 19.1 Å². The second kappa shape index (κ2) is 7.01. The fraction of sp³-hybridized carbons (Fsp3) is 0.333. The third kappa shape index (κ3) is 3.65. The van der Waals surface area contributed by atoms with Crippen molar-refractivity contribution in [1.29, 1.82) is 0 Å². The van der Waals surface area contributed by atoms with E-state index in [0.717, 1.165) is 0 Å². The molecule has 23 heavy (non-hydrogen) atoms. The number of nitrogens with zero attached hydrogens (tertiary/aromatic N) is 3. The largest absolute Gasteiger partial charge is 0.480 e. The van der Waals surface area contributed by atoms with Gasteiger partial charge in [-0.25, -0.2) is 12.8 Å². The van der Waals surface area contributed by atoms with Crippen LogP contribution in [0.3, 0.4) is 0 Å². The summed E-state index contributed by atoms with van der Waals surface area (Å²) in [5.41, 5.74) is 0.700. The van der Waals surface area contributed by atoms with Crippen LogP contribution in [0.4, 0.5) is 4.39 Å². The van der Waals surface area contributed by atoms with Crippen LogP contribution in [0, 0.1) is 5.82 Å². The average Bonchev–Trinajstić information content (AvgIpc) is 2.55. The van der Waals surface area contributed by atoms with E-state index in [9.17, 15) is 12.8 Å². The first kappa shape index (κ1) is 17.3. The van der Waals surface area contributed by atoms with Gasteiger partial charge in [-0.2, -0.15) is 9.40 Å². The molecule has 0 saturated heterocycles. The Labute approximate surface area is 135 Å². The molecule has 0 unspecified atom stereocenters. The molecule has 0 spiro atoms. The van der Waals surface area contributed by atoms with Gasteiger partial charge < -0.3 is 4.74 Å². The van der Waals surface area contributed by atoms with Crippen LogP contribution >= 0.6 is 0 Å². The molecule has 0 N–H and O–H groups in total. The van der Waals surface area contributed by atoms with E-state index in [-0.39, 0.29) is 23.1 Å². The van der Waals surface area contributed by atoms with Crippen LogP contribution in [0.25, 0.3) is 0 Å². The Hall–Kier alpha value is -2.06. The van der Waals surface area contributed by atoms with Gasteiger partial charge in [0.25, 0.3) is 0 Å². The lowest BCUT2D eigenvalue weighted by atomic mass is 10.1. The highest BCUT2D eigenvalue weighted by molar-refractivity contribution is 7.89. The summed E-state index contributed by atoms with van der Waals surface area (Å²) in [5.74, 6) is -0.244. The summed E-state index contributed by atoms with van der Waals surface area (Å²) in [7, 11) is -2.40. The number of methoxy groups -OCH3 is 1. The number of sulfonamides is 1. The highest BCUT2D eigenvalue weighted by Crippen LogP contribution is 2.27. The SMILES string of the molecule is CCN([C@H](C)c1ccc(F)cc1)S(=O)(=O)c1cnnc(OC)c1. The zero-order chi connectivity index (χ0) is 17.0. The molecule has 0 aliphatic heterocycles. The monoisotopic (exact) mass is 339 g/mol. The van der Waals surface area contributed by atoms with Crippen LogP contribution < -0.4 is 4.74 Å². The lowest BCUT2D eigenvalue weighted by Crippen LogP contribution is -2.33. The molecule has 0 fully saturated rings. The minimum atomic E-state index is -3.78. The van der Waals surface area contributed by atoms with E-state index in [1.165, 1.54) is 35.8 Å². The van der Waals surface area contributed by atoms with Crippen molar-refractivity contribution < 1.29 is 17.5 Å². The van der Waals surface area contributed by atoms with E-state index >= 15 is 0 Å². The highest BCUT2D eigenvalue weighted by atomic mass is 32.2. The van der Waals surface area contributed by atoms with Crippen molar-refractivity contribution in [1.82, 2.24) is 14.5 Å². The summed E-state index contributed by atoms with van der Waals surface area (Å²) in [6.07, 6.45) is 1.18. The van der Waals surface area contributed by atoms with Gasteiger partial charge in [0.15, 0.2) is 0 Å². The van der Waals surface area contributed by atoms with Crippen LogP contribution in [-0.2, 0) is 10.0 Å². The summed E-state index contributed by atoms with van der Waals surface area (Å²) >= 11 is 0. The number of benzene rings is 1. The number of ether oxygens (including phenoxy) is 1. The van der Waals surface area contributed by atoms with E-state index < -0.39 is 16.1 Å². The standard InChI is InChI=1S/C15H18FN3O3S/c1-4-19(11(2)12-5-7-13(16)8-6-12)23(20,21)14-9-15(22-3)18-17-10-14/h5-11H,4H2,1-3H3/t11-/m1/s1. The summed E-state index contributed by atoms with van der Waals surface area (Å²) in [5, 5.41) is 7.32. The van der Waals surface area contributed by atoms with Crippen molar-refractivity contribution >= 4 is 10.0 Å². The van der Waals surface area contributed by atoms with Crippen molar-refractivity contribution in [2.75, 3.05) is 13.7 Å². The van der Waals surface area contributed by atoms with Crippen molar-refractivity contribution in [2.24, 2.45) is 0 Å². The fourth-order valence-corrected chi connectivity index (χ4v) is 3.85. The van der Waals surface area contributed by atoms with Crippen molar-refractivity contribution in [3.63, 3.8) is 0 Å². The molecule has 2 rings (SSSR count). The quantitative estimate of drug-likeness (QED) is 0.808. The zero-order valence-electron chi connectivity index (χ0n) is 13.1. The first-order chi connectivity index (χ1) is 10.9. The maximum atomic E-state index is 13.1. The number of hydrogen-bond acceptors (Lipinski definition) is 5. The molecule has 0 radical (unpaired) electrons. The van der Waals surface area contributed by atoms with E-state index in [1.54, 1.807) is 26.0 Å². The summed E-state index contributed by atoms with van der Waals surface area (Å²) in [4.78, 5) is 0.000150. The summed E-state index contributed by atoms with van der Waals surface area (Å²) in [6, 6.07) is 6.63. The summed E-state index contributed by atoms with van der Waals surface area (Å²) < 4.78 is 45.0. The Kier molecular flexibility index (Phi) is 5.27. The lowest BCUT2D eigenvalue weighted by molar-refractivity contribution is 0.355. The first-order valence-corrected chi connectivity index (χ1v) is 8.48. The number of aromatic nitrogens is 2. The fourth-order valence-electron chi connectivity index (χ4n) is 2.27. The minimum Gasteiger partial charge on any atom is -0.480 e. The van der Waals surface area contributed by atoms with Gasteiger partial charge in [0.2, 0.25) is 15.9 Å². The maximum Gasteiger partial charge on any atom is 0.245 e. The normalized spacial score (nSPS) is 13.1. The van der Waals surface area contributed by atoms with Crippen molar-refractivity contribution in [3.8, 4) is 5.88 Å². The number of rotatable bonds is 6. The second-order valence-electron chi connectivity index (χ2n) is 4.87. The van der Waals surface area contributed by atoms with Crippen LogP contribution in [0.1, 0.15) is 25.5 Å². The Bertz CT molecular complexity index is 766. The lowest BCUT2D eigenvalue weighted by Gasteiger charge is -2.27. The highest BCUT2D eigenvalue weighted by Gasteiger charge is 2.29. The average molecular weight is 339 g/mol. The van der Waals surface area contributed by atoms with Gasteiger partial charge in [0.1, 0.15) is 10.7 Å². The van der Waals surface area contributed by atoms with Crippen LogP contribution in [0.2, 0.25) is 0 Å². The molecule has 0 aliphatic carbocycles. The number of halogens is 1. The molecule has 0 saturated carbocycles. The molecule has 8 heteroatoms. The van der Waals surface area contributed by atoms with Gasteiger partial charge in [-0.3, -0.25) is 0 Å². The van der Waals surface area contributed by atoms with E-state index in [2.05, 4.69) is 10.2 Å². The molecular formula is C15H18FN3O3S. The van der Waals surface area contributed by atoms with Crippen LogP contribution in [0.15, 0.2) is 41.4 Å². The summed E-state index contributed by atoms with van der Waals surface area (Å²) in [6.45, 7) is 3.75. The predicted molar refractivity (Wildman–Crippen MR) is 83.0 cm³/mol. The molecule has 1 aromatic heterocycles. The van der Waals surface area contributed by atoms with Crippen LogP contribution in [-0.4, -0.2) is 36.6 Å². The number of hydrogen-bond donors (Lipinski definition) is 0. The second-order valence-corrected chi connectivity index (χ2v) is 6.76. The van der Waals surface area contributed by atoms with Gasteiger partial charge >= 0.3 is 0 Å². The van der Waals surface area contributed by atoms with Gasteiger partial charge in [0, 0.05) is 18.7 Å². The third-order valence-electron chi connectivity index (χ3n) is 3.52. The van der Waals surface area contributed by atoms with Gasteiger partial charge in [-0.15, -0.1) is 5.10 Å². The molecule has 1 atom stereocenters. The van der Waals surface area contributed by atoms with E-state index in [0.29, 0.717) is 5.56 Å². The Morgan fingerprint density at radius 1 is 1.30 bits per heavy atom. The van der Waals surface area contributed by atoms with E-state index in [4.69, 9.17) is 4.74 Å². The predicted octanol–water partition coefficient (Wildman–Crippen LogP) is 2.40. The van der Waals surface area contributed by atoms with Crippen LogP contribution in [0.5, 0.6) is 5.88 Å². The van der Waals surface area contributed by atoms with Crippen molar-refractivity contribution in [2.45, 2.75) is 24.8 Å². The first-order valence-electron chi connectivity index (χ1n) is 7.04. The van der Waals surface area contributed by atoms with Crippen molar-refractivity contribution in [3.05, 3.63) is 47.9 Å².